The first-order valence-corrected chi connectivity index (χ1v) is 6.09. The summed E-state index contributed by atoms with van der Waals surface area (Å²) in [4.78, 5) is 26.2. The Kier molecular flexibility index (Phi) is 3.69. The highest BCUT2D eigenvalue weighted by molar-refractivity contribution is 5.98. The van der Waals surface area contributed by atoms with E-state index in [1.807, 2.05) is 4.90 Å². The summed E-state index contributed by atoms with van der Waals surface area (Å²) in [5.74, 6) is -0.966. The van der Waals surface area contributed by atoms with E-state index in [2.05, 4.69) is 0 Å². The molecule has 0 saturated carbocycles. The number of anilines is 1. The summed E-state index contributed by atoms with van der Waals surface area (Å²) in [5.41, 5.74) is 6.09. The van der Waals surface area contributed by atoms with Crippen molar-refractivity contribution < 1.29 is 14.0 Å². The average Bonchev–Trinajstić information content (AvgIpc) is 2.38. The average molecular weight is 265 g/mol. The van der Waals surface area contributed by atoms with Gasteiger partial charge in [0.15, 0.2) is 0 Å². The van der Waals surface area contributed by atoms with Gasteiger partial charge in [0, 0.05) is 33.1 Å². The van der Waals surface area contributed by atoms with Gasteiger partial charge in [-0.25, -0.2) is 4.39 Å². The Bertz CT molecular complexity index is 511. The van der Waals surface area contributed by atoms with Crippen LogP contribution < -0.4 is 10.6 Å². The van der Waals surface area contributed by atoms with E-state index in [9.17, 15) is 14.0 Å². The van der Waals surface area contributed by atoms with E-state index < -0.39 is 11.7 Å². The zero-order valence-electron chi connectivity index (χ0n) is 10.7. The molecule has 102 valence electrons. The van der Waals surface area contributed by atoms with Gasteiger partial charge in [-0.15, -0.1) is 0 Å². The van der Waals surface area contributed by atoms with Crippen LogP contribution in [0, 0.1) is 5.82 Å². The third-order valence-corrected chi connectivity index (χ3v) is 3.29. The molecule has 1 fully saturated rings. The molecule has 0 radical (unpaired) electrons. The molecule has 0 aromatic heterocycles. The minimum Gasteiger partial charge on any atom is -0.367 e. The Hall–Kier alpha value is -2.11. The highest BCUT2D eigenvalue weighted by Crippen LogP contribution is 2.23. The van der Waals surface area contributed by atoms with Gasteiger partial charge in [0.25, 0.3) is 5.91 Å². The van der Waals surface area contributed by atoms with Crippen LogP contribution in [0.15, 0.2) is 18.2 Å². The lowest BCUT2D eigenvalue weighted by Crippen LogP contribution is -2.48. The van der Waals surface area contributed by atoms with Gasteiger partial charge in [-0.2, -0.15) is 0 Å². The van der Waals surface area contributed by atoms with Gasteiger partial charge in [0.05, 0.1) is 11.3 Å². The van der Waals surface area contributed by atoms with Crippen LogP contribution in [0.4, 0.5) is 10.1 Å². The van der Waals surface area contributed by atoms with E-state index in [-0.39, 0.29) is 5.91 Å². The number of hydrogen-bond acceptors (Lipinski definition) is 3. The fourth-order valence-corrected chi connectivity index (χ4v) is 2.24. The number of hydrogen-bond donors (Lipinski definition) is 1. The monoisotopic (exact) mass is 265 g/mol. The number of nitrogens with zero attached hydrogens (tertiary/aromatic N) is 2. The summed E-state index contributed by atoms with van der Waals surface area (Å²) < 4.78 is 13.3. The predicted octanol–water partition coefficient (Wildman–Crippen LogP) is 0.593. The zero-order valence-corrected chi connectivity index (χ0v) is 10.7. The lowest BCUT2D eigenvalue weighted by atomic mass is 10.1. The van der Waals surface area contributed by atoms with Crippen LogP contribution in [-0.2, 0) is 4.79 Å². The molecule has 0 aliphatic carbocycles. The quantitative estimate of drug-likeness (QED) is 0.851. The molecule has 2 N–H and O–H groups in total. The van der Waals surface area contributed by atoms with E-state index in [1.165, 1.54) is 25.1 Å². The van der Waals surface area contributed by atoms with Crippen molar-refractivity contribution in [3.63, 3.8) is 0 Å². The van der Waals surface area contributed by atoms with Gasteiger partial charge in [-0.3, -0.25) is 9.59 Å². The molecule has 0 unspecified atom stereocenters. The third kappa shape index (κ3) is 2.83. The molecule has 6 heteroatoms. The van der Waals surface area contributed by atoms with Gasteiger partial charge in [0.2, 0.25) is 5.91 Å². The molecular formula is C13H16FN3O2. The van der Waals surface area contributed by atoms with Crippen molar-refractivity contribution in [3.05, 3.63) is 29.6 Å². The van der Waals surface area contributed by atoms with E-state index in [0.717, 1.165) is 0 Å². The van der Waals surface area contributed by atoms with Gasteiger partial charge < -0.3 is 15.5 Å². The van der Waals surface area contributed by atoms with E-state index in [4.69, 9.17) is 5.73 Å². The molecular weight excluding hydrogens is 249 g/mol. The van der Waals surface area contributed by atoms with Crippen molar-refractivity contribution in [3.8, 4) is 0 Å². The molecule has 1 aromatic rings. The number of halogens is 1. The standard InChI is InChI=1S/C13H16FN3O2/c1-9(18)16-4-6-17(7-5-16)12-8-10(14)2-3-11(12)13(15)19/h2-3,8H,4-7H2,1H3,(H2,15,19). The number of nitrogens with two attached hydrogens (primary N) is 1. The topological polar surface area (TPSA) is 66.6 Å². The molecule has 1 saturated heterocycles. The highest BCUT2D eigenvalue weighted by Gasteiger charge is 2.22. The lowest BCUT2D eigenvalue weighted by Gasteiger charge is -2.36. The van der Waals surface area contributed by atoms with Crippen molar-refractivity contribution in [2.75, 3.05) is 31.1 Å². The first-order valence-electron chi connectivity index (χ1n) is 6.09. The summed E-state index contributed by atoms with van der Waals surface area (Å²) in [5, 5.41) is 0. The van der Waals surface area contributed by atoms with Gasteiger partial charge >= 0.3 is 0 Å². The Balaban J connectivity index is 2.21. The van der Waals surface area contributed by atoms with E-state index in [1.54, 1.807) is 4.90 Å². The van der Waals surface area contributed by atoms with Crippen molar-refractivity contribution in [2.45, 2.75) is 6.92 Å². The number of primary amides is 1. The van der Waals surface area contributed by atoms with Gasteiger partial charge in [0.1, 0.15) is 5.82 Å². The molecule has 19 heavy (non-hydrogen) atoms. The molecule has 2 rings (SSSR count). The van der Waals surface area contributed by atoms with Crippen LogP contribution in [-0.4, -0.2) is 42.9 Å². The fraction of sp³-hybridized carbons (Fsp3) is 0.385. The summed E-state index contributed by atoms with van der Waals surface area (Å²) in [6, 6.07) is 3.92. The number of carbonyl (C=O) groups excluding carboxylic acids is 2. The lowest BCUT2D eigenvalue weighted by molar-refractivity contribution is -0.129. The molecule has 0 bridgehead atoms. The largest absolute Gasteiger partial charge is 0.367 e. The normalized spacial score (nSPS) is 15.5. The molecule has 2 amide bonds. The first kappa shape index (κ1) is 13.3. The highest BCUT2D eigenvalue weighted by atomic mass is 19.1. The minimum atomic E-state index is -0.580. The Morgan fingerprint density at radius 1 is 1.21 bits per heavy atom. The molecule has 0 spiro atoms. The minimum absolute atomic E-state index is 0.0222. The summed E-state index contributed by atoms with van der Waals surface area (Å²) in [6.45, 7) is 3.76. The van der Waals surface area contributed by atoms with Gasteiger partial charge in [-0.05, 0) is 18.2 Å². The number of carbonyl (C=O) groups is 2. The van der Waals surface area contributed by atoms with Crippen LogP contribution >= 0.6 is 0 Å². The summed E-state index contributed by atoms with van der Waals surface area (Å²) >= 11 is 0. The molecule has 1 aliphatic heterocycles. The van der Waals surface area contributed by atoms with Crippen LogP contribution in [0.25, 0.3) is 0 Å². The smallest absolute Gasteiger partial charge is 0.250 e. The number of benzene rings is 1. The molecule has 0 atom stereocenters. The van der Waals surface area contributed by atoms with Crippen molar-refractivity contribution in [1.82, 2.24) is 4.90 Å². The first-order chi connectivity index (χ1) is 8.99. The van der Waals surface area contributed by atoms with Crippen molar-refractivity contribution >= 4 is 17.5 Å². The summed E-state index contributed by atoms with van der Waals surface area (Å²) in [6.07, 6.45) is 0. The predicted molar refractivity (Wildman–Crippen MR) is 69.4 cm³/mol. The molecule has 5 nitrogen and oxygen atoms in total. The van der Waals surface area contributed by atoms with Crippen LogP contribution in [0.3, 0.4) is 0 Å². The fourth-order valence-electron chi connectivity index (χ4n) is 2.24. The second-order valence-corrected chi connectivity index (χ2v) is 4.52. The SMILES string of the molecule is CC(=O)N1CCN(c2cc(F)ccc2C(N)=O)CC1. The van der Waals surface area contributed by atoms with Gasteiger partial charge in [-0.1, -0.05) is 0 Å². The molecule has 1 aliphatic rings. The maximum Gasteiger partial charge on any atom is 0.250 e. The zero-order chi connectivity index (χ0) is 14.0. The van der Waals surface area contributed by atoms with Crippen molar-refractivity contribution in [2.24, 2.45) is 5.73 Å². The Morgan fingerprint density at radius 2 is 1.84 bits per heavy atom. The van der Waals surface area contributed by atoms with Crippen molar-refractivity contribution in [1.29, 1.82) is 0 Å². The van der Waals surface area contributed by atoms with Crippen LogP contribution in [0.1, 0.15) is 17.3 Å². The van der Waals surface area contributed by atoms with E-state index >= 15 is 0 Å². The molecule has 1 heterocycles. The second kappa shape index (κ2) is 5.26. The molecule has 1 aromatic carbocycles. The van der Waals surface area contributed by atoms with Crippen LogP contribution in [0.2, 0.25) is 0 Å². The maximum absolute atomic E-state index is 13.3. The third-order valence-electron chi connectivity index (χ3n) is 3.29. The Morgan fingerprint density at radius 3 is 2.37 bits per heavy atom. The Labute approximate surface area is 110 Å². The number of rotatable bonds is 2. The number of amides is 2. The van der Waals surface area contributed by atoms with E-state index in [0.29, 0.717) is 37.4 Å². The second-order valence-electron chi connectivity index (χ2n) is 4.52. The van der Waals surface area contributed by atoms with Crippen LogP contribution in [0.5, 0.6) is 0 Å². The number of piperazine rings is 1. The maximum atomic E-state index is 13.3. The summed E-state index contributed by atoms with van der Waals surface area (Å²) in [7, 11) is 0.